The lowest BCUT2D eigenvalue weighted by molar-refractivity contribution is 0.0946. The molecule has 2 aliphatic heterocycles. The van der Waals surface area contributed by atoms with Crippen molar-refractivity contribution in [2.24, 2.45) is 0 Å². The van der Waals surface area contributed by atoms with Crippen LogP contribution in [0.15, 0.2) is 30.5 Å². The minimum atomic E-state index is -0.170. The van der Waals surface area contributed by atoms with E-state index in [1.165, 1.54) is 31.4 Å². The van der Waals surface area contributed by atoms with Crippen LogP contribution in [0.1, 0.15) is 66.7 Å². The quantitative estimate of drug-likeness (QED) is 0.679. The molecule has 0 saturated carbocycles. The first-order chi connectivity index (χ1) is 14.2. The summed E-state index contributed by atoms with van der Waals surface area (Å²) in [5.74, 6) is -0.170. The highest BCUT2D eigenvalue weighted by Crippen LogP contribution is 2.19. The molecule has 172 valence electrons. The van der Waals surface area contributed by atoms with Gasteiger partial charge in [-0.15, -0.1) is 29.9 Å². The second-order valence-corrected chi connectivity index (χ2v) is 8.38. The number of carbonyl (C=O) groups excluding carboxylic acids is 1. The SMILES string of the molecule is CC1CCCCN1Cc1ccc(CNC(=O)c2cn(C3CCNCC3)nn2)cc1.Cl.Cl. The van der Waals surface area contributed by atoms with E-state index < -0.39 is 0 Å². The van der Waals surface area contributed by atoms with Gasteiger partial charge in [0.1, 0.15) is 0 Å². The van der Waals surface area contributed by atoms with E-state index in [2.05, 4.69) is 57.0 Å². The van der Waals surface area contributed by atoms with E-state index in [0.717, 1.165) is 38.0 Å². The maximum Gasteiger partial charge on any atom is 0.273 e. The molecular weight excluding hydrogens is 435 g/mol. The standard InChI is InChI=1S/C22H32N6O.2ClH/c1-17-4-2-3-13-27(17)15-19-7-5-18(6-8-19)14-24-22(29)21-16-28(26-25-21)20-9-11-23-12-10-20;;/h5-8,16-17,20,23H,2-4,9-15H2,1H3,(H,24,29);2*1H. The molecule has 2 N–H and O–H groups in total. The van der Waals surface area contributed by atoms with Crippen molar-refractivity contribution in [3.63, 3.8) is 0 Å². The lowest BCUT2D eigenvalue weighted by atomic mass is 10.0. The van der Waals surface area contributed by atoms with Crippen LogP contribution in [0.3, 0.4) is 0 Å². The van der Waals surface area contributed by atoms with Crippen molar-refractivity contribution in [1.29, 1.82) is 0 Å². The molecule has 0 spiro atoms. The van der Waals surface area contributed by atoms with Crippen molar-refractivity contribution in [3.05, 3.63) is 47.3 Å². The number of nitrogens with one attached hydrogen (secondary N) is 2. The number of rotatable bonds is 6. The lowest BCUT2D eigenvalue weighted by Crippen LogP contribution is -2.36. The Balaban J connectivity index is 0.00000171. The number of nitrogens with zero attached hydrogens (tertiary/aromatic N) is 4. The maximum absolute atomic E-state index is 12.4. The Labute approximate surface area is 197 Å². The summed E-state index contributed by atoms with van der Waals surface area (Å²) in [4.78, 5) is 15.0. The van der Waals surface area contributed by atoms with Gasteiger partial charge in [0.05, 0.1) is 12.2 Å². The molecule has 1 amide bonds. The van der Waals surface area contributed by atoms with E-state index in [0.29, 0.717) is 24.3 Å². The molecule has 4 rings (SSSR count). The van der Waals surface area contributed by atoms with Gasteiger partial charge in [0, 0.05) is 19.1 Å². The highest BCUT2D eigenvalue weighted by atomic mass is 35.5. The molecule has 3 heterocycles. The summed E-state index contributed by atoms with van der Waals surface area (Å²) >= 11 is 0. The van der Waals surface area contributed by atoms with E-state index >= 15 is 0 Å². The van der Waals surface area contributed by atoms with Crippen LogP contribution < -0.4 is 10.6 Å². The van der Waals surface area contributed by atoms with Gasteiger partial charge in [-0.25, -0.2) is 4.68 Å². The predicted octanol–water partition coefficient (Wildman–Crippen LogP) is 3.35. The third kappa shape index (κ3) is 6.91. The second kappa shape index (κ2) is 12.4. The maximum atomic E-state index is 12.4. The van der Waals surface area contributed by atoms with Gasteiger partial charge < -0.3 is 10.6 Å². The zero-order valence-electron chi connectivity index (χ0n) is 18.1. The van der Waals surface area contributed by atoms with Crippen LogP contribution in [0.5, 0.6) is 0 Å². The number of hydrogen-bond donors (Lipinski definition) is 2. The van der Waals surface area contributed by atoms with Gasteiger partial charge in [0.25, 0.3) is 5.91 Å². The number of hydrogen-bond acceptors (Lipinski definition) is 5. The van der Waals surface area contributed by atoms with Crippen molar-refractivity contribution < 1.29 is 4.79 Å². The Bertz CT molecular complexity index is 807. The molecule has 2 saturated heterocycles. The molecule has 2 aromatic rings. The first-order valence-corrected chi connectivity index (χ1v) is 10.9. The normalized spacial score (nSPS) is 19.8. The molecule has 0 radical (unpaired) electrons. The molecule has 9 heteroatoms. The number of carbonyl (C=O) groups is 1. The monoisotopic (exact) mass is 468 g/mol. The molecule has 0 aliphatic carbocycles. The summed E-state index contributed by atoms with van der Waals surface area (Å²) in [5, 5.41) is 14.5. The lowest BCUT2D eigenvalue weighted by Gasteiger charge is -2.33. The number of piperidine rings is 2. The van der Waals surface area contributed by atoms with E-state index in [1.807, 2.05) is 4.68 Å². The molecule has 1 atom stereocenters. The van der Waals surface area contributed by atoms with Crippen LogP contribution >= 0.6 is 24.8 Å². The topological polar surface area (TPSA) is 75.1 Å². The van der Waals surface area contributed by atoms with Gasteiger partial charge in [-0.2, -0.15) is 0 Å². The Morgan fingerprint density at radius 1 is 1.10 bits per heavy atom. The van der Waals surface area contributed by atoms with Crippen LogP contribution in [-0.2, 0) is 13.1 Å². The molecule has 31 heavy (non-hydrogen) atoms. The van der Waals surface area contributed by atoms with Crippen LogP contribution in [-0.4, -0.2) is 51.5 Å². The van der Waals surface area contributed by atoms with Gasteiger partial charge in [-0.3, -0.25) is 9.69 Å². The first-order valence-electron chi connectivity index (χ1n) is 10.9. The first kappa shape index (κ1) is 25.6. The number of halogens is 2. The fourth-order valence-electron chi connectivity index (χ4n) is 4.29. The van der Waals surface area contributed by atoms with Gasteiger partial charge >= 0.3 is 0 Å². The zero-order chi connectivity index (χ0) is 20.1. The molecular formula is C22H34Cl2N6O. The fraction of sp³-hybridized carbons (Fsp3) is 0.591. The molecule has 0 bridgehead atoms. The van der Waals surface area contributed by atoms with Gasteiger partial charge in [0.15, 0.2) is 5.69 Å². The average molecular weight is 469 g/mol. The molecule has 1 unspecified atom stereocenters. The minimum Gasteiger partial charge on any atom is -0.347 e. The molecule has 1 aromatic heterocycles. The summed E-state index contributed by atoms with van der Waals surface area (Å²) in [5.41, 5.74) is 2.82. The van der Waals surface area contributed by atoms with E-state index in [-0.39, 0.29) is 30.7 Å². The second-order valence-electron chi connectivity index (χ2n) is 8.38. The average Bonchev–Trinajstić information content (AvgIpc) is 3.26. The Hall–Kier alpha value is -1.67. The summed E-state index contributed by atoms with van der Waals surface area (Å²) in [6.07, 6.45) is 7.76. The fourth-order valence-corrected chi connectivity index (χ4v) is 4.29. The largest absolute Gasteiger partial charge is 0.347 e. The van der Waals surface area contributed by atoms with E-state index in [9.17, 15) is 4.79 Å². The van der Waals surface area contributed by atoms with Crippen molar-refractivity contribution >= 4 is 30.7 Å². The number of amides is 1. The highest BCUT2D eigenvalue weighted by molar-refractivity contribution is 5.91. The Morgan fingerprint density at radius 3 is 2.52 bits per heavy atom. The van der Waals surface area contributed by atoms with Crippen LogP contribution in [0.4, 0.5) is 0 Å². The van der Waals surface area contributed by atoms with Crippen molar-refractivity contribution in [2.75, 3.05) is 19.6 Å². The van der Waals surface area contributed by atoms with Crippen LogP contribution in [0, 0.1) is 0 Å². The summed E-state index contributed by atoms with van der Waals surface area (Å²) < 4.78 is 1.84. The smallest absolute Gasteiger partial charge is 0.273 e. The third-order valence-corrected chi connectivity index (χ3v) is 6.23. The van der Waals surface area contributed by atoms with Gasteiger partial charge in [0.2, 0.25) is 0 Å². The predicted molar refractivity (Wildman–Crippen MR) is 127 cm³/mol. The molecule has 7 nitrogen and oxygen atoms in total. The minimum absolute atomic E-state index is 0. The number of aromatic nitrogens is 3. The highest BCUT2D eigenvalue weighted by Gasteiger charge is 2.19. The summed E-state index contributed by atoms with van der Waals surface area (Å²) in [7, 11) is 0. The summed E-state index contributed by atoms with van der Waals surface area (Å²) in [6, 6.07) is 9.57. The summed E-state index contributed by atoms with van der Waals surface area (Å²) in [6.45, 7) is 6.99. The Morgan fingerprint density at radius 2 is 1.81 bits per heavy atom. The number of likely N-dealkylation sites (tertiary alicyclic amines) is 1. The van der Waals surface area contributed by atoms with Gasteiger partial charge in [-0.05, 0) is 63.4 Å². The molecule has 1 aromatic carbocycles. The number of benzene rings is 1. The van der Waals surface area contributed by atoms with E-state index in [4.69, 9.17) is 0 Å². The van der Waals surface area contributed by atoms with Crippen LogP contribution in [0.25, 0.3) is 0 Å². The zero-order valence-corrected chi connectivity index (χ0v) is 19.8. The molecule has 2 aliphatic rings. The van der Waals surface area contributed by atoms with Gasteiger partial charge in [-0.1, -0.05) is 35.9 Å². The third-order valence-electron chi connectivity index (χ3n) is 6.23. The van der Waals surface area contributed by atoms with Crippen molar-refractivity contribution in [1.82, 2.24) is 30.5 Å². The van der Waals surface area contributed by atoms with E-state index in [1.54, 1.807) is 6.20 Å². The Kier molecular flexibility index (Phi) is 10.2. The molecule has 2 fully saturated rings. The van der Waals surface area contributed by atoms with Crippen molar-refractivity contribution in [3.8, 4) is 0 Å². The van der Waals surface area contributed by atoms with Crippen molar-refractivity contribution in [2.45, 2.75) is 64.2 Å². The van der Waals surface area contributed by atoms with Crippen LogP contribution in [0.2, 0.25) is 0 Å².